The highest BCUT2D eigenvalue weighted by molar-refractivity contribution is 6.11. The van der Waals surface area contributed by atoms with Crippen molar-refractivity contribution in [2.24, 2.45) is 0 Å². The zero-order chi connectivity index (χ0) is 26.2. The van der Waals surface area contributed by atoms with Crippen molar-refractivity contribution in [3.05, 3.63) is 136 Å². The van der Waals surface area contributed by atoms with Gasteiger partial charge in [0.2, 0.25) is 0 Å². The van der Waals surface area contributed by atoms with Crippen LogP contribution in [-0.2, 0) is 4.79 Å². The van der Waals surface area contributed by atoms with Crippen molar-refractivity contribution in [1.82, 2.24) is 0 Å². The van der Waals surface area contributed by atoms with Gasteiger partial charge in [-0.15, -0.1) is 0 Å². The van der Waals surface area contributed by atoms with E-state index in [2.05, 4.69) is 5.32 Å². The molecular formula is C30H23N3O5. The quantitative estimate of drug-likeness (QED) is 0.254. The number of nitrogens with one attached hydrogen (secondary N) is 1. The monoisotopic (exact) mass is 505 g/mol. The Morgan fingerprint density at radius 1 is 0.947 bits per heavy atom. The molecule has 0 radical (unpaired) electrons. The van der Waals surface area contributed by atoms with Crippen LogP contribution in [0.5, 0.6) is 0 Å². The van der Waals surface area contributed by atoms with E-state index in [0.29, 0.717) is 40.4 Å². The molecule has 8 heteroatoms. The molecule has 0 saturated carbocycles. The maximum Gasteiger partial charge on any atom is 0.269 e. The topological polar surface area (TPSA) is 106 Å². The molecule has 1 aromatic heterocycles. The lowest BCUT2D eigenvalue weighted by atomic mass is 9.79. The first kappa shape index (κ1) is 23.4. The Kier molecular flexibility index (Phi) is 5.84. The fourth-order valence-corrected chi connectivity index (χ4v) is 5.38. The molecule has 38 heavy (non-hydrogen) atoms. The van der Waals surface area contributed by atoms with E-state index in [1.807, 2.05) is 36.4 Å². The molecule has 2 heterocycles. The van der Waals surface area contributed by atoms with Gasteiger partial charge in [-0.1, -0.05) is 42.5 Å². The zero-order valence-electron chi connectivity index (χ0n) is 20.2. The van der Waals surface area contributed by atoms with Gasteiger partial charge < -0.3 is 9.73 Å². The molecule has 0 unspecified atom stereocenters. The van der Waals surface area contributed by atoms with Crippen LogP contribution in [-0.4, -0.2) is 16.6 Å². The highest BCUT2D eigenvalue weighted by Gasteiger charge is 2.43. The molecule has 188 valence electrons. The summed E-state index contributed by atoms with van der Waals surface area (Å²) in [6, 6.07) is 25.5. The minimum atomic E-state index is -0.789. The van der Waals surface area contributed by atoms with E-state index in [9.17, 15) is 19.7 Å². The number of benzene rings is 3. The third kappa shape index (κ3) is 4.06. The predicted octanol–water partition coefficient (Wildman–Crippen LogP) is 6.40. The highest BCUT2D eigenvalue weighted by Crippen LogP contribution is 2.48. The number of anilines is 2. The summed E-state index contributed by atoms with van der Waals surface area (Å²) in [5, 5.41) is 14.8. The van der Waals surface area contributed by atoms with E-state index in [-0.39, 0.29) is 29.7 Å². The predicted molar refractivity (Wildman–Crippen MR) is 142 cm³/mol. The second-order valence-corrected chi connectivity index (χ2v) is 9.37. The first-order chi connectivity index (χ1) is 18.5. The van der Waals surface area contributed by atoms with E-state index in [0.717, 1.165) is 5.56 Å². The van der Waals surface area contributed by atoms with Gasteiger partial charge >= 0.3 is 0 Å². The number of hydrogen-bond acceptors (Lipinski definition) is 6. The van der Waals surface area contributed by atoms with Crippen molar-refractivity contribution in [3.8, 4) is 0 Å². The molecule has 0 fully saturated rings. The summed E-state index contributed by atoms with van der Waals surface area (Å²) in [5.41, 5.74) is 3.65. The van der Waals surface area contributed by atoms with Gasteiger partial charge in [-0.05, 0) is 54.3 Å². The van der Waals surface area contributed by atoms with Crippen LogP contribution in [0.2, 0.25) is 0 Å². The number of ketones is 1. The second-order valence-electron chi connectivity index (χ2n) is 9.37. The molecule has 1 aliphatic carbocycles. The number of carbonyl (C=O) groups excluding carboxylic acids is 2. The van der Waals surface area contributed by atoms with Crippen LogP contribution in [0.3, 0.4) is 0 Å². The maximum atomic E-state index is 14.0. The van der Waals surface area contributed by atoms with Crippen LogP contribution < -0.4 is 10.2 Å². The molecule has 0 bridgehead atoms. The molecule has 2 aliphatic rings. The SMILES string of the molecule is O=C1C[C@H](c2cccc([N+](=O)[O-])c2)CC2=C1[C@@H](c1ccco1)N(C(=O)c1ccccc1)c1ccccc1N2. The minimum Gasteiger partial charge on any atom is -0.467 e. The van der Waals surface area contributed by atoms with Crippen LogP contribution in [0.15, 0.2) is 113 Å². The summed E-state index contributed by atoms with van der Waals surface area (Å²) in [4.78, 5) is 40.6. The van der Waals surface area contributed by atoms with Crippen molar-refractivity contribution < 1.29 is 18.9 Å². The molecule has 4 aromatic rings. The van der Waals surface area contributed by atoms with Gasteiger partial charge in [0.1, 0.15) is 11.8 Å². The van der Waals surface area contributed by atoms with Crippen molar-refractivity contribution in [2.45, 2.75) is 24.8 Å². The number of furan rings is 1. The molecule has 0 spiro atoms. The lowest BCUT2D eigenvalue weighted by Gasteiger charge is -2.33. The van der Waals surface area contributed by atoms with Gasteiger partial charge in [0, 0.05) is 35.4 Å². The number of Topliss-reactive ketones (excluding diaryl/α,β-unsaturated/α-hetero) is 1. The van der Waals surface area contributed by atoms with E-state index >= 15 is 0 Å². The zero-order valence-corrected chi connectivity index (χ0v) is 20.2. The number of carbonyl (C=O) groups is 2. The average Bonchev–Trinajstić information content (AvgIpc) is 3.43. The molecule has 6 rings (SSSR count). The number of non-ortho nitro benzene ring substituents is 1. The van der Waals surface area contributed by atoms with Crippen LogP contribution in [0.4, 0.5) is 17.1 Å². The summed E-state index contributed by atoms with van der Waals surface area (Å²) in [5.74, 6) is -0.184. The molecule has 1 aliphatic heterocycles. The third-order valence-corrected chi connectivity index (χ3v) is 7.09. The van der Waals surface area contributed by atoms with Crippen molar-refractivity contribution in [3.63, 3.8) is 0 Å². The standard InChI is InChI=1S/C30H23N3O5/c34-26-18-21(20-10-6-11-22(16-20)33(36)37)17-24-28(26)29(27-14-7-15-38-27)32(25-13-5-4-12-23(25)31-24)30(35)19-8-2-1-3-9-19/h1-16,21,29,31H,17-18H2/t21-,29-/m1/s1. The maximum absolute atomic E-state index is 14.0. The molecular weight excluding hydrogens is 482 g/mol. The summed E-state index contributed by atoms with van der Waals surface area (Å²) in [7, 11) is 0. The molecule has 2 atom stereocenters. The van der Waals surface area contributed by atoms with Crippen molar-refractivity contribution in [2.75, 3.05) is 10.2 Å². The Bertz CT molecular complexity index is 1580. The Labute approximate surface area is 218 Å². The van der Waals surface area contributed by atoms with Crippen LogP contribution in [0.1, 0.15) is 46.5 Å². The van der Waals surface area contributed by atoms with E-state index < -0.39 is 11.0 Å². The Balaban J connectivity index is 1.52. The lowest BCUT2D eigenvalue weighted by molar-refractivity contribution is -0.384. The number of nitro benzene ring substituents is 1. The number of nitrogens with zero attached hydrogens (tertiary/aromatic N) is 2. The first-order valence-electron chi connectivity index (χ1n) is 12.3. The summed E-state index contributed by atoms with van der Waals surface area (Å²) in [6.45, 7) is 0. The van der Waals surface area contributed by atoms with E-state index in [4.69, 9.17) is 4.42 Å². The number of rotatable bonds is 4. The van der Waals surface area contributed by atoms with Crippen molar-refractivity contribution in [1.29, 1.82) is 0 Å². The Morgan fingerprint density at radius 3 is 2.50 bits per heavy atom. The van der Waals surface area contributed by atoms with Crippen LogP contribution in [0, 0.1) is 10.1 Å². The van der Waals surface area contributed by atoms with Crippen LogP contribution in [0.25, 0.3) is 0 Å². The summed E-state index contributed by atoms with van der Waals surface area (Å²) >= 11 is 0. The molecule has 0 saturated heterocycles. The number of para-hydroxylation sites is 2. The third-order valence-electron chi connectivity index (χ3n) is 7.09. The lowest BCUT2D eigenvalue weighted by Crippen LogP contribution is -2.38. The van der Waals surface area contributed by atoms with Gasteiger partial charge in [-0.25, -0.2) is 0 Å². The van der Waals surface area contributed by atoms with E-state index in [1.165, 1.54) is 18.4 Å². The first-order valence-corrected chi connectivity index (χ1v) is 12.3. The van der Waals surface area contributed by atoms with Gasteiger partial charge in [0.15, 0.2) is 5.78 Å². The van der Waals surface area contributed by atoms with Gasteiger partial charge in [-0.2, -0.15) is 0 Å². The van der Waals surface area contributed by atoms with E-state index in [1.54, 1.807) is 47.4 Å². The summed E-state index contributed by atoms with van der Waals surface area (Å²) in [6.07, 6.45) is 2.13. The van der Waals surface area contributed by atoms with Gasteiger partial charge in [-0.3, -0.25) is 24.6 Å². The fraction of sp³-hybridized carbons (Fsp3) is 0.133. The molecule has 1 amide bonds. The Morgan fingerprint density at radius 2 is 1.74 bits per heavy atom. The summed E-state index contributed by atoms with van der Waals surface area (Å²) < 4.78 is 5.83. The number of amides is 1. The number of fused-ring (bicyclic) bond motifs is 1. The normalized spacial score (nSPS) is 18.7. The van der Waals surface area contributed by atoms with Gasteiger partial charge in [0.05, 0.1) is 22.6 Å². The smallest absolute Gasteiger partial charge is 0.269 e. The number of allylic oxidation sites excluding steroid dienone is 1. The number of nitro groups is 1. The molecule has 3 aromatic carbocycles. The minimum absolute atomic E-state index is 0.0120. The van der Waals surface area contributed by atoms with Crippen LogP contribution >= 0.6 is 0 Å². The second kappa shape index (κ2) is 9.48. The highest BCUT2D eigenvalue weighted by atomic mass is 16.6. The fourth-order valence-electron chi connectivity index (χ4n) is 5.38. The molecule has 1 N–H and O–H groups in total. The van der Waals surface area contributed by atoms with Gasteiger partial charge in [0.25, 0.3) is 11.6 Å². The number of hydrogen-bond donors (Lipinski definition) is 1. The largest absolute Gasteiger partial charge is 0.467 e. The molecule has 8 nitrogen and oxygen atoms in total. The Hall–Kier alpha value is -4.98. The van der Waals surface area contributed by atoms with Crippen molar-refractivity contribution >= 4 is 28.8 Å². The average molecular weight is 506 g/mol.